The molecule has 0 saturated carbocycles. The summed E-state index contributed by atoms with van der Waals surface area (Å²) in [7, 11) is -1.99. The predicted molar refractivity (Wildman–Crippen MR) is 202 cm³/mol. The van der Waals surface area contributed by atoms with Crippen LogP contribution < -0.4 is 4.74 Å². The van der Waals surface area contributed by atoms with Crippen LogP contribution in [0, 0.1) is 29.0 Å². The second kappa shape index (κ2) is 13.7. The molecular formula is C41H54NOSi2. The Bertz CT molecular complexity index is 1630. The van der Waals surface area contributed by atoms with E-state index in [1.54, 1.807) is 7.11 Å². The maximum atomic E-state index is 5.81. The first-order chi connectivity index (χ1) is 21.2. The summed E-state index contributed by atoms with van der Waals surface area (Å²) in [4.78, 5) is 0. The molecule has 4 heteroatoms. The zero-order valence-corrected chi connectivity index (χ0v) is 32.0. The van der Waals surface area contributed by atoms with Crippen molar-refractivity contribution in [1.82, 2.24) is 4.57 Å². The van der Waals surface area contributed by atoms with Crippen molar-refractivity contribution in [3.05, 3.63) is 71.8 Å². The largest absolute Gasteiger partial charge is 0.495 e. The standard InChI is InChI=1S/C41H54NOSi2/c1-28(2)44(29(3)4,30(5)6)24-22-34-18-20-38-36(26-34)37-27-35(23-25-45(31(7)8,32(9)10)33(11)12)19-21-39(37)42(38)40-16-14-15-17-41(40)43-13/h14,16-21,26-33H,1-13H3. The summed E-state index contributed by atoms with van der Waals surface area (Å²) in [6, 6.07) is 22.6. The molecule has 0 aliphatic rings. The van der Waals surface area contributed by atoms with Crippen LogP contribution in [0.15, 0.2) is 54.6 Å². The third-order valence-electron chi connectivity index (χ3n) is 10.6. The normalized spacial score (nSPS) is 12.5. The van der Waals surface area contributed by atoms with Crippen molar-refractivity contribution in [1.29, 1.82) is 0 Å². The lowest BCUT2D eigenvalue weighted by molar-refractivity contribution is 0.413. The molecule has 2 nitrogen and oxygen atoms in total. The van der Waals surface area contributed by atoms with Crippen molar-refractivity contribution >= 4 is 38.0 Å². The van der Waals surface area contributed by atoms with Crippen molar-refractivity contribution in [3.63, 3.8) is 0 Å². The Morgan fingerprint density at radius 1 is 0.600 bits per heavy atom. The van der Waals surface area contributed by atoms with Crippen LogP contribution in [0.2, 0.25) is 33.2 Å². The third kappa shape index (κ3) is 6.17. The monoisotopic (exact) mass is 632 g/mol. The smallest absolute Gasteiger partial charge is 0.146 e. The average molecular weight is 633 g/mol. The third-order valence-corrected chi connectivity index (χ3v) is 23.2. The molecule has 3 aromatic carbocycles. The van der Waals surface area contributed by atoms with E-state index in [4.69, 9.17) is 4.74 Å². The van der Waals surface area contributed by atoms with Gasteiger partial charge in [-0.05, 0) is 87.8 Å². The summed E-state index contributed by atoms with van der Waals surface area (Å²) < 4.78 is 8.13. The molecule has 0 spiro atoms. The zero-order chi connectivity index (χ0) is 33.3. The van der Waals surface area contributed by atoms with Crippen molar-refractivity contribution < 1.29 is 4.74 Å². The number of hydrogen-bond acceptors (Lipinski definition) is 1. The second-order valence-corrected chi connectivity index (χ2v) is 25.9. The van der Waals surface area contributed by atoms with E-state index in [0.717, 1.165) is 33.6 Å². The molecule has 0 atom stereocenters. The first-order valence-corrected chi connectivity index (χ1v) is 21.4. The highest BCUT2D eigenvalue weighted by molar-refractivity contribution is 6.91. The summed E-state index contributed by atoms with van der Waals surface area (Å²) >= 11 is 0. The van der Waals surface area contributed by atoms with E-state index >= 15 is 0 Å². The van der Waals surface area contributed by atoms with E-state index < -0.39 is 16.1 Å². The van der Waals surface area contributed by atoms with Crippen LogP contribution in [0.25, 0.3) is 27.5 Å². The number of ether oxygens (including phenoxy) is 1. The van der Waals surface area contributed by atoms with E-state index in [0.29, 0.717) is 33.2 Å². The Morgan fingerprint density at radius 3 is 1.36 bits per heavy atom. The van der Waals surface area contributed by atoms with Gasteiger partial charge in [0.15, 0.2) is 0 Å². The van der Waals surface area contributed by atoms with Crippen LogP contribution in [0.3, 0.4) is 0 Å². The molecule has 0 fully saturated rings. The van der Waals surface area contributed by atoms with E-state index in [9.17, 15) is 0 Å². The van der Waals surface area contributed by atoms with Crippen molar-refractivity contribution in [2.75, 3.05) is 7.11 Å². The van der Waals surface area contributed by atoms with Gasteiger partial charge < -0.3 is 9.30 Å². The average Bonchev–Trinajstić information content (AvgIpc) is 3.29. The summed E-state index contributed by atoms with van der Waals surface area (Å²) in [6.07, 6.45) is 0. The van der Waals surface area contributed by atoms with Crippen molar-refractivity contribution in [3.8, 4) is 34.4 Å². The van der Waals surface area contributed by atoms with E-state index in [-0.39, 0.29) is 0 Å². The Balaban J connectivity index is 2.02. The molecule has 1 heterocycles. The zero-order valence-electron chi connectivity index (χ0n) is 30.0. The first-order valence-electron chi connectivity index (χ1n) is 16.9. The first kappa shape index (κ1) is 34.7. The van der Waals surface area contributed by atoms with Crippen LogP contribution in [0.1, 0.15) is 94.2 Å². The number of hydrogen-bond donors (Lipinski definition) is 0. The van der Waals surface area contributed by atoms with Gasteiger partial charge >= 0.3 is 0 Å². The highest BCUT2D eigenvalue weighted by Crippen LogP contribution is 2.42. The minimum atomic E-state index is -1.86. The van der Waals surface area contributed by atoms with E-state index in [1.165, 1.54) is 10.8 Å². The van der Waals surface area contributed by atoms with Gasteiger partial charge in [-0.2, -0.15) is 0 Å². The number of rotatable bonds is 8. The van der Waals surface area contributed by atoms with Gasteiger partial charge in [0, 0.05) is 21.9 Å². The summed E-state index contributed by atoms with van der Waals surface area (Å²) in [5, 5.41) is 2.39. The number of nitrogens with zero attached hydrogens (tertiary/aromatic N) is 1. The van der Waals surface area contributed by atoms with Gasteiger partial charge in [0.25, 0.3) is 0 Å². The van der Waals surface area contributed by atoms with Gasteiger partial charge in [-0.1, -0.05) is 101 Å². The van der Waals surface area contributed by atoms with Crippen LogP contribution in [0.5, 0.6) is 5.75 Å². The molecule has 0 N–H and O–H groups in total. The topological polar surface area (TPSA) is 14.2 Å². The maximum absolute atomic E-state index is 5.81. The van der Waals surface area contributed by atoms with Crippen LogP contribution in [0.4, 0.5) is 0 Å². The molecule has 0 aliphatic carbocycles. The minimum Gasteiger partial charge on any atom is -0.495 e. The number of benzene rings is 3. The molecule has 0 bridgehead atoms. The molecule has 1 radical (unpaired) electrons. The van der Waals surface area contributed by atoms with Gasteiger partial charge in [-0.25, -0.2) is 0 Å². The lowest BCUT2D eigenvalue weighted by Crippen LogP contribution is -2.43. The molecule has 4 aromatic rings. The highest BCUT2D eigenvalue weighted by atomic mass is 28.3. The number of aromatic nitrogens is 1. The molecule has 0 aliphatic heterocycles. The molecular weight excluding hydrogens is 579 g/mol. The number of fused-ring (bicyclic) bond motifs is 3. The van der Waals surface area contributed by atoms with Crippen molar-refractivity contribution in [2.45, 2.75) is 116 Å². The fourth-order valence-electron chi connectivity index (χ4n) is 8.42. The van der Waals surface area contributed by atoms with E-state index in [1.807, 2.05) is 12.1 Å². The number of methoxy groups -OCH3 is 1. The van der Waals surface area contributed by atoms with Crippen LogP contribution >= 0.6 is 0 Å². The second-order valence-electron chi connectivity index (χ2n) is 14.7. The Morgan fingerprint density at radius 2 is 1.00 bits per heavy atom. The fourth-order valence-corrected chi connectivity index (χ4v) is 18.9. The Hall–Kier alpha value is -3.19. The van der Waals surface area contributed by atoms with Crippen molar-refractivity contribution in [2.24, 2.45) is 0 Å². The highest BCUT2D eigenvalue weighted by Gasteiger charge is 2.42. The summed E-state index contributed by atoms with van der Waals surface area (Å²) in [6.45, 7) is 28.5. The molecule has 4 rings (SSSR count). The summed E-state index contributed by atoms with van der Waals surface area (Å²) in [5.41, 5.74) is 16.9. The van der Waals surface area contributed by atoms with E-state index in [2.05, 4.69) is 159 Å². The SMILES string of the molecule is COc1c[c]ccc1-n1c2ccc(C#C[Si](C(C)C)(C(C)C)C(C)C)cc2c2cc(C#C[Si](C(C)C)(C(C)C)C(C)C)ccc21. The molecule has 1 aromatic heterocycles. The molecule has 237 valence electrons. The van der Waals surface area contributed by atoms with Gasteiger partial charge in [-0.3, -0.25) is 0 Å². The molecule has 0 saturated heterocycles. The van der Waals surface area contributed by atoms with Gasteiger partial charge in [-0.15, -0.1) is 11.1 Å². The predicted octanol–water partition coefficient (Wildman–Crippen LogP) is 11.7. The van der Waals surface area contributed by atoms with Gasteiger partial charge in [0.2, 0.25) is 0 Å². The Kier molecular flexibility index (Phi) is 10.5. The minimum absolute atomic E-state index is 0.595. The fraction of sp³-hybridized carbons (Fsp3) is 0.463. The maximum Gasteiger partial charge on any atom is 0.146 e. The lowest BCUT2D eigenvalue weighted by Gasteiger charge is -2.38. The van der Waals surface area contributed by atoms with Gasteiger partial charge in [0.05, 0.1) is 23.8 Å². The molecule has 0 unspecified atom stereocenters. The van der Waals surface area contributed by atoms with Crippen LogP contribution in [-0.2, 0) is 0 Å². The lowest BCUT2D eigenvalue weighted by atomic mass is 10.1. The molecule has 0 amide bonds. The van der Waals surface area contributed by atoms with Gasteiger partial charge in [0.1, 0.15) is 21.9 Å². The molecule has 45 heavy (non-hydrogen) atoms. The summed E-state index contributed by atoms with van der Waals surface area (Å²) in [5.74, 6) is 8.21. The Labute approximate surface area is 276 Å². The van der Waals surface area contributed by atoms with Crippen LogP contribution in [-0.4, -0.2) is 27.8 Å². The quantitative estimate of drug-likeness (QED) is 0.139.